The molecule has 3 aliphatic heterocycles. The molecule has 28 nitrogen and oxygen atoms in total. The third kappa shape index (κ3) is 29.2. The summed E-state index contributed by atoms with van der Waals surface area (Å²) in [6, 6.07) is 0. The van der Waals surface area contributed by atoms with Crippen LogP contribution in [0.3, 0.4) is 0 Å². The summed E-state index contributed by atoms with van der Waals surface area (Å²) in [7, 11) is -5.76. The van der Waals surface area contributed by atoms with Crippen LogP contribution >= 0.6 is 7.82 Å². The van der Waals surface area contributed by atoms with E-state index in [0.717, 1.165) is 70.6 Å². The van der Waals surface area contributed by atoms with E-state index >= 15 is 0 Å². The molecule has 544 valence electrons. The molecule has 0 aromatic heterocycles. The lowest BCUT2D eigenvalue weighted by Gasteiger charge is -2.49. The van der Waals surface area contributed by atoms with Crippen LogP contribution in [0.25, 0.3) is 0 Å². The topological polar surface area (TPSA) is 447 Å². The predicted octanol–water partition coefficient (Wildman–Crippen LogP) is 2.70. The largest absolute Gasteiger partial charge is 0.472 e. The Morgan fingerprint density at radius 2 is 0.806 bits per heavy atom. The van der Waals surface area contributed by atoms with Crippen LogP contribution in [0.1, 0.15) is 200 Å². The van der Waals surface area contributed by atoms with Crippen LogP contribution in [0.2, 0.25) is 0 Å². The molecule has 1 saturated carbocycles. The van der Waals surface area contributed by atoms with Gasteiger partial charge in [0.15, 0.2) is 25.0 Å². The zero-order valence-electron chi connectivity index (χ0n) is 54.5. The van der Waals surface area contributed by atoms with Crippen molar-refractivity contribution in [2.45, 2.75) is 335 Å². The monoisotopic (exact) mass is 1360 g/mol. The molecule has 3 saturated heterocycles. The zero-order chi connectivity index (χ0) is 68.3. The van der Waals surface area contributed by atoms with Gasteiger partial charge >= 0.3 is 19.8 Å². The minimum Gasteiger partial charge on any atom is -0.462 e. The van der Waals surface area contributed by atoms with E-state index in [9.17, 15) is 90.5 Å². The fourth-order valence-corrected chi connectivity index (χ4v) is 12.5. The van der Waals surface area contributed by atoms with Crippen molar-refractivity contribution in [3.05, 3.63) is 24.3 Å². The van der Waals surface area contributed by atoms with Gasteiger partial charge in [-0.15, -0.1) is 0 Å². The molecule has 4 fully saturated rings. The quantitative estimate of drug-likeness (QED) is 0.0180. The first-order valence-corrected chi connectivity index (χ1v) is 35.7. The van der Waals surface area contributed by atoms with E-state index in [2.05, 4.69) is 38.2 Å². The summed E-state index contributed by atoms with van der Waals surface area (Å²) in [5, 5.41) is 150. The highest BCUT2D eigenvalue weighted by Gasteiger charge is 2.58. The molecule has 0 radical (unpaired) electrons. The van der Waals surface area contributed by atoms with Gasteiger partial charge < -0.3 is 114 Å². The molecule has 10 unspecified atom stereocenters. The van der Waals surface area contributed by atoms with Gasteiger partial charge in [0.2, 0.25) is 0 Å². The highest BCUT2D eigenvalue weighted by Crippen LogP contribution is 2.49. The summed E-state index contributed by atoms with van der Waals surface area (Å²) in [4.78, 5) is 38.0. The number of aliphatic hydroxyl groups excluding tert-OH is 14. The minimum absolute atomic E-state index is 0.00373. The number of phosphoric ester groups is 1. The Balaban J connectivity index is 1.47. The van der Waals surface area contributed by atoms with Crippen molar-refractivity contribution in [3.8, 4) is 0 Å². The molecule has 4 aliphatic rings. The van der Waals surface area contributed by atoms with Crippen molar-refractivity contribution in [1.82, 2.24) is 0 Å². The predicted molar refractivity (Wildman–Crippen MR) is 333 cm³/mol. The van der Waals surface area contributed by atoms with Crippen LogP contribution in [-0.4, -0.2) is 256 Å². The lowest BCUT2D eigenvalue weighted by atomic mass is 9.84. The Labute approximate surface area is 547 Å². The van der Waals surface area contributed by atoms with Crippen LogP contribution < -0.4 is 0 Å². The number of carbonyl (C=O) groups is 2. The van der Waals surface area contributed by atoms with Crippen molar-refractivity contribution in [2.75, 3.05) is 33.0 Å². The van der Waals surface area contributed by atoms with E-state index in [1.807, 2.05) is 0 Å². The maximum Gasteiger partial charge on any atom is 0.472 e. The second-order valence-electron chi connectivity index (χ2n) is 25.1. The minimum atomic E-state index is -5.76. The van der Waals surface area contributed by atoms with Crippen LogP contribution in [0, 0.1) is 0 Å². The van der Waals surface area contributed by atoms with Crippen LogP contribution in [-0.2, 0) is 61.1 Å². The van der Waals surface area contributed by atoms with Gasteiger partial charge in [0, 0.05) is 12.8 Å². The number of hydrogen-bond donors (Lipinski definition) is 15. The van der Waals surface area contributed by atoms with E-state index in [1.165, 1.54) is 83.5 Å². The molecule has 0 bridgehead atoms. The van der Waals surface area contributed by atoms with Gasteiger partial charge in [-0.05, 0) is 44.9 Å². The highest BCUT2D eigenvalue weighted by atomic mass is 31.2. The summed E-state index contributed by atoms with van der Waals surface area (Å²) in [6.07, 6.45) is -8.51. The first-order valence-electron chi connectivity index (χ1n) is 34.2. The van der Waals surface area contributed by atoms with E-state index < -0.39 is 188 Å². The third-order valence-corrected chi connectivity index (χ3v) is 18.4. The Morgan fingerprint density at radius 1 is 0.430 bits per heavy atom. The van der Waals surface area contributed by atoms with E-state index in [0.29, 0.717) is 19.3 Å². The molecule has 1 aliphatic carbocycles. The number of esters is 2. The number of ether oxygens (including phenoxy) is 8. The van der Waals surface area contributed by atoms with Gasteiger partial charge in [-0.3, -0.25) is 18.6 Å². The van der Waals surface area contributed by atoms with E-state index in [-0.39, 0.29) is 12.8 Å². The van der Waals surface area contributed by atoms with Gasteiger partial charge in [0.05, 0.1) is 26.4 Å². The summed E-state index contributed by atoms with van der Waals surface area (Å²) in [6.45, 7) is 0.0486. The van der Waals surface area contributed by atoms with Gasteiger partial charge in [0.1, 0.15) is 116 Å². The maximum absolute atomic E-state index is 14.3. The molecule has 3 heterocycles. The van der Waals surface area contributed by atoms with Crippen molar-refractivity contribution < 1.29 is 137 Å². The molecular formula is C64H115O28P. The lowest BCUT2D eigenvalue weighted by Crippen LogP contribution is -2.69. The molecule has 29 heteroatoms. The Bertz CT molecular complexity index is 2090. The number of allylic oxidation sites excluding steroid dienone is 4. The average molecular weight is 1360 g/mol. The number of carbonyl (C=O) groups excluding carboxylic acids is 2. The lowest BCUT2D eigenvalue weighted by molar-refractivity contribution is -0.364. The van der Waals surface area contributed by atoms with Gasteiger partial charge in [-0.1, -0.05) is 167 Å². The summed E-state index contributed by atoms with van der Waals surface area (Å²) in [5.41, 5.74) is 0. The molecule has 93 heavy (non-hydrogen) atoms. The van der Waals surface area contributed by atoms with E-state index in [1.54, 1.807) is 0 Å². The summed E-state index contributed by atoms with van der Waals surface area (Å²) in [5.74, 6) is -1.41. The molecule has 15 N–H and O–H groups in total. The first kappa shape index (κ1) is 83.2. The molecular weight excluding hydrogens is 1250 g/mol. The van der Waals surface area contributed by atoms with Gasteiger partial charge in [-0.25, -0.2) is 4.57 Å². The SMILES string of the molecule is CCCCCC/C=C\C/C=C\CCCCCCCC(=O)OC[C@H](COP(=O)(O)O[C@@H]1C(O[C@@H]2OC(CO[C@@H]3OC(CO)[C@H](O)C(O)[C@@H]3O)[C@H](O)C(O)[C@@H]2O)C(O)[C@@H](O)C(O)[C@H]1O[C@H]1OC(CO)[C@@H](O)C(O)[C@H]1O)OC(=O)CCCCCCCCCCCCCCCCC. The number of rotatable bonds is 48. The van der Waals surface area contributed by atoms with E-state index in [4.69, 9.17) is 46.9 Å². The molecule has 4 rings (SSSR count). The van der Waals surface area contributed by atoms with Crippen LogP contribution in [0.4, 0.5) is 0 Å². The Hall–Kier alpha value is -2.27. The van der Waals surface area contributed by atoms with Gasteiger partial charge in [0.25, 0.3) is 0 Å². The molecule has 23 atom stereocenters. The second kappa shape index (κ2) is 46.1. The number of aliphatic hydroxyl groups is 14. The van der Waals surface area contributed by atoms with Crippen molar-refractivity contribution in [1.29, 1.82) is 0 Å². The Kier molecular flexibility index (Phi) is 41.3. The third-order valence-electron chi connectivity index (χ3n) is 17.4. The smallest absolute Gasteiger partial charge is 0.462 e. The van der Waals surface area contributed by atoms with Crippen molar-refractivity contribution >= 4 is 19.8 Å². The van der Waals surface area contributed by atoms with Crippen molar-refractivity contribution in [2.24, 2.45) is 0 Å². The Morgan fingerprint density at radius 3 is 1.27 bits per heavy atom. The molecule has 0 aromatic carbocycles. The first-order chi connectivity index (χ1) is 44.6. The maximum atomic E-state index is 14.3. The number of phosphoric acid groups is 1. The normalized spacial score (nSPS) is 33.7. The number of unbranched alkanes of at least 4 members (excludes halogenated alkanes) is 23. The highest BCUT2D eigenvalue weighted by molar-refractivity contribution is 7.47. The second-order valence-corrected chi connectivity index (χ2v) is 26.5. The molecule has 0 aromatic rings. The summed E-state index contributed by atoms with van der Waals surface area (Å²) < 4.78 is 69.9. The fourth-order valence-electron chi connectivity index (χ4n) is 11.5. The van der Waals surface area contributed by atoms with Gasteiger partial charge in [-0.2, -0.15) is 0 Å². The van der Waals surface area contributed by atoms with Crippen molar-refractivity contribution in [3.63, 3.8) is 0 Å². The molecule has 0 spiro atoms. The fraction of sp³-hybridized carbons (Fsp3) is 0.906. The standard InChI is InChI=1S/C64H115O28P/c1-3-5-7-9-11-13-15-17-19-21-22-24-26-28-30-32-34-45(67)83-38-41(86-46(68)35-33-31-29-27-25-23-20-18-16-14-12-10-8-6-4-2)39-85-93(81,82)92-61-59(90-63-57(79)51(73)48(70)43(37-66)88-63)54(76)53(75)55(77)60(61)91-64-58(80)52(74)49(71)44(89-64)40-84-62-56(78)50(72)47(69)42(36-65)87-62/h13,15,19,21,41-44,47-66,69-80H,3-12,14,16-18,20,22-40H2,1-2H3,(H,81,82)/b15-13-,21-19-/t41-,42?,43?,44?,47+,48-,49+,50?,51?,52?,53+,54?,55?,56+,57-,58+,59-,60?,61+,62-,63-,64+/m1/s1. The zero-order valence-corrected chi connectivity index (χ0v) is 55.4. The summed E-state index contributed by atoms with van der Waals surface area (Å²) >= 11 is 0. The average Bonchev–Trinajstić information content (AvgIpc) is 0.771. The molecule has 0 amide bonds. The van der Waals surface area contributed by atoms with Crippen LogP contribution in [0.5, 0.6) is 0 Å². The number of hydrogen-bond acceptors (Lipinski definition) is 27. The van der Waals surface area contributed by atoms with Crippen LogP contribution in [0.15, 0.2) is 24.3 Å².